The van der Waals surface area contributed by atoms with Crippen LogP contribution in [-0.2, 0) is 17.6 Å². The van der Waals surface area contributed by atoms with Crippen molar-refractivity contribution in [3.63, 3.8) is 0 Å². The molecule has 7 heteroatoms. The molecule has 170 valence electrons. The van der Waals surface area contributed by atoms with Gasteiger partial charge in [-0.15, -0.1) is 0 Å². The molecule has 0 bridgehead atoms. The van der Waals surface area contributed by atoms with Crippen molar-refractivity contribution in [2.75, 3.05) is 53.6 Å². The molecule has 3 rings (SSSR count). The first-order valence-electron chi connectivity index (χ1n) is 11.2. The van der Waals surface area contributed by atoms with E-state index in [0.29, 0.717) is 12.6 Å². The first-order valence-corrected chi connectivity index (χ1v) is 11.2. The lowest BCUT2D eigenvalue weighted by molar-refractivity contribution is 0.128. The average molecular weight is 429 g/mol. The van der Waals surface area contributed by atoms with Crippen molar-refractivity contribution in [1.82, 2.24) is 15.5 Å². The van der Waals surface area contributed by atoms with E-state index in [0.717, 1.165) is 75.9 Å². The number of nitrogens with zero attached hydrogens (tertiary/aromatic N) is 2. The zero-order valence-electron chi connectivity index (χ0n) is 18.8. The monoisotopic (exact) mass is 428 g/mol. The SMILES string of the molecule is COCCN1CCC(NC(=NCCc2ccco2)NCCc2ccc(OC)cc2)CC1. The summed E-state index contributed by atoms with van der Waals surface area (Å²) in [5.41, 5.74) is 1.27. The predicted molar refractivity (Wildman–Crippen MR) is 124 cm³/mol. The van der Waals surface area contributed by atoms with Crippen molar-refractivity contribution in [3.8, 4) is 5.75 Å². The molecule has 1 fully saturated rings. The number of piperidine rings is 1. The minimum absolute atomic E-state index is 0.439. The van der Waals surface area contributed by atoms with Gasteiger partial charge in [0.2, 0.25) is 0 Å². The van der Waals surface area contributed by atoms with Crippen LogP contribution in [0.3, 0.4) is 0 Å². The zero-order valence-corrected chi connectivity index (χ0v) is 18.8. The molecule has 1 aliphatic heterocycles. The van der Waals surface area contributed by atoms with Crippen LogP contribution in [0.15, 0.2) is 52.1 Å². The number of methoxy groups -OCH3 is 2. The first-order chi connectivity index (χ1) is 15.3. The summed E-state index contributed by atoms with van der Waals surface area (Å²) in [7, 11) is 3.45. The molecule has 0 saturated carbocycles. The molecular formula is C24H36N4O3. The molecule has 1 aromatic carbocycles. The summed E-state index contributed by atoms with van der Waals surface area (Å²) in [6, 6.07) is 12.6. The zero-order chi connectivity index (χ0) is 21.7. The lowest BCUT2D eigenvalue weighted by atomic mass is 10.1. The summed E-state index contributed by atoms with van der Waals surface area (Å²) >= 11 is 0. The number of ether oxygens (including phenoxy) is 2. The summed E-state index contributed by atoms with van der Waals surface area (Å²) in [5.74, 6) is 2.73. The standard InChI is InChI=1S/C24H36N4O3/c1-29-19-17-28-15-11-21(12-16-28)27-24(26-14-10-23-4-3-18-31-23)25-13-9-20-5-7-22(30-2)8-6-20/h3-8,18,21H,9-17,19H2,1-2H3,(H2,25,26,27). The van der Waals surface area contributed by atoms with Crippen LogP contribution in [0.2, 0.25) is 0 Å². The van der Waals surface area contributed by atoms with Gasteiger partial charge in [0.15, 0.2) is 5.96 Å². The van der Waals surface area contributed by atoms with Gasteiger partial charge >= 0.3 is 0 Å². The first kappa shape index (κ1) is 23.2. The minimum atomic E-state index is 0.439. The van der Waals surface area contributed by atoms with E-state index in [9.17, 15) is 0 Å². The summed E-state index contributed by atoms with van der Waals surface area (Å²) < 4.78 is 15.9. The highest BCUT2D eigenvalue weighted by molar-refractivity contribution is 5.80. The number of hydrogen-bond acceptors (Lipinski definition) is 5. The summed E-state index contributed by atoms with van der Waals surface area (Å²) in [6.45, 7) is 5.50. The van der Waals surface area contributed by atoms with Crippen molar-refractivity contribution in [2.45, 2.75) is 31.7 Å². The van der Waals surface area contributed by atoms with Gasteiger partial charge < -0.3 is 29.4 Å². The lowest BCUT2D eigenvalue weighted by Gasteiger charge is -2.33. The smallest absolute Gasteiger partial charge is 0.191 e. The maximum Gasteiger partial charge on any atom is 0.191 e. The Labute approximate surface area is 185 Å². The molecule has 2 heterocycles. The van der Waals surface area contributed by atoms with Crippen LogP contribution in [0.5, 0.6) is 5.75 Å². The predicted octanol–water partition coefficient (Wildman–Crippen LogP) is 2.72. The molecule has 0 radical (unpaired) electrons. The molecule has 2 N–H and O–H groups in total. The number of likely N-dealkylation sites (tertiary alicyclic amines) is 1. The topological polar surface area (TPSA) is 71.3 Å². The molecule has 2 aromatic rings. The molecular weight excluding hydrogens is 392 g/mol. The fraction of sp³-hybridized carbons (Fsp3) is 0.542. The van der Waals surface area contributed by atoms with Gasteiger partial charge in [-0.25, -0.2) is 0 Å². The number of benzene rings is 1. The maximum atomic E-state index is 5.43. The Kier molecular flexibility index (Phi) is 9.73. The van der Waals surface area contributed by atoms with Crippen molar-refractivity contribution < 1.29 is 13.9 Å². The van der Waals surface area contributed by atoms with E-state index >= 15 is 0 Å². The van der Waals surface area contributed by atoms with Gasteiger partial charge in [-0.1, -0.05) is 12.1 Å². The third kappa shape index (κ3) is 8.26. The molecule has 31 heavy (non-hydrogen) atoms. The number of furan rings is 1. The third-order valence-corrected chi connectivity index (χ3v) is 5.61. The largest absolute Gasteiger partial charge is 0.497 e. The van der Waals surface area contributed by atoms with Crippen LogP contribution in [0.1, 0.15) is 24.2 Å². The van der Waals surface area contributed by atoms with E-state index in [-0.39, 0.29) is 0 Å². The van der Waals surface area contributed by atoms with Gasteiger partial charge in [0.05, 0.1) is 20.0 Å². The summed E-state index contributed by atoms with van der Waals surface area (Å²) in [6.07, 6.45) is 5.66. The lowest BCUT2D eigenvalue weighted by Crippen LogP contribution is -2.49. The molecule has 7 nitrogen and oxygen atoms in total. The van der Waals surface area contributed by atoms with Crippen LogP contribution >= 0.6 is 0 Å². The van der Waals surface area contributed by atoms with E-state index < -0.39 is 0 Å². The number of rotatable bonds is 11. The Morgan fingerprint density at radius 2 is 1.94 bits per heavy atom. The van der Waals surface area contributed by atoms with Gasteiger partial charge in [-0.05, 0) is 49.1 Å². The summed E-state index contributed by atoms with van der Waals surface area (Å²) in [4.78, 5) is 7.27. The van der Waals surface area contributed by atoms with Gasteiger partial charge in [0.1, 0.15) is 11.5 Å². The van der Waals surface area contributed by atoms with Crippen LogP contribution < -0.4 is 15.4 Å². The van der Waals surface area contributed by atoms with Crippen molar-refractivity contribution >= 4 is 5.96 Å². The van der Waals surface area contributed by atoms with E-state index in [2.05, 4.69) is 27.7 Å². The van der Waals surface area contributed by atoms with E-state index in [4.69, 9.17) is 18.9 Å². The molecule has 0 amide bonds. The Morgan fingerprint density at radius 3 is 2.61 bits per heavy atom. The molecule has 0 atom stereocenters. The Morgan fingerprint density at radius 1 is 1.13 bits per heavy atom. The highest BCUT2D eigenvalue weighted by Gasteiger charge is 2.19. The van der Waals surface area contributed by atoms with Gasteiger partial charge in [0.25, 0.3) is 0 Å². The molecule has 1 aromatic heterocycles. The number of hydrogen-bond donors (Lipinski definition) is 2. The Hall–Kier alpha value is -2.51. The second-order valence-electron chi connectivity index (χ2n) is 7.84. The number of guanidine groups is 1. The van der Waals surface area contributed by atoms with Gasteiger partial charge in [-0.3, -0.25) is 4.99 Å². The Bertz CT molecular complexity index is 754. The van der Waals surface area contributed by atoms with Crippen LogP contribution in [0.4, 0.5) is 0 Å². The maximum absolute atomic E-state index is 5.43. The number of aliphatic imine (C=N–C) groups is 1. The highest BCUT2D eigenvalue weighted by Crippen LogP contribution is 2.12. The van der Waals surface area contributed by atoms with E-state index in [1.165, 1.54) is 5.56 Å². The van der Waals surface area contributed by atoms with E-state index in [1.54, 1.807) is 20.5 Å². The number of nitrogens with one attached hydrogen (secondary N) is 2. The Balaban J connectivity index is 1.49. The molecule has 0 aliphatic carbocycles. The van der Waals surface area contributed by atoms with Gasteiger partial charge in [0, 0.05) is 52.3 Å². The molecule has 0 spiro atoms. The van der Waals surface area contributed by atoms with Crippen molar-refractivity contribution in [3.05, 3.63) is 54.0 Å². The fourth-order valence-electron chi connectivity index (χ4n) is 3.72. The third-order valence-electron chi connectivity index (χ3n) is 5.61. The normalized spacial score (nSPS) is 15.7. The average Bonchev–Trinajstić information content (AvgIpc) is 3.32. The summed E-state index contributed by atoms with van der Waals surface area (Å²) in [5, 5.41) is 7.16. The minimum Gasteiger partial charge on any atom is -0.497 e. The van der Waals surface area contributed by atoms with Crippen LogP contribution in [0.25, 0.3) is 0 Å². The fourth-order valence-corrected chi connectivity index (χ4v) is 3.72. The van der Waals surface area contributed by atoms with Crippen molar-refractivity contribution in [1.29, 1.82) is 0 Å². The molecule has 0 unspecified atom stereocenters. The van der Waals surface area contributed by atoms with Crippen LogP contribution in [0, 0.1) is 0 Å². The second-order valence-corrected chi connectivity index (χ2v) is 7.84. The van der Waals surface area contributed by atoms with Crippen molar-refractivity contribution in [2.24, 2.45) is 4.99 Å². The van der Waals surface area contributed by atoms with E-state index in [1.807, 2.05) is 24.3 Å². The molecule has 1 saturated heterocycles. The highest BCUT2D eigenvalue weighted by atomic mass is 16.5. The van der Waals surface area contributed by atoms with Crippen LogP contribution in [-0.4, -0.2) is 70.5 Å². The van der Waals surface area contributed by atoms with Gasteiger partial charge in [-0.2, -0.15) is 0 Å². The second kappa shape index (κ2) is 13.0. The molecule has 1 aliphatic rings. The quantitative estimate of drug-likeness (QED) is 0.424.